The SMILES string of the molecule is Nc1ncnc2c1ncn2C1OC2COP(=O)(O)O[C@@H]3C[C@H](n4cnc5c(N)ncnc54)CC3COP(=O)(O)OC2C1F. The summed E-state index contributed by atoms with van der Waals surface area (Å²) in [5, 5.41) is 0. The molecule has 7 unspecified atom stereocenters. The Morgan fingerprint density at radius 3 is 2.12 bits per heavy atom. The number of hydrogen-bond acceptors (Lipinski definition) is 15. The van der Waals surface area contributed by atoms with Gasteiger partial charge in [-0.15, -0.1) is 0 Å². The van der Waals surface area contributed by atoms with Gasteiger partial charge < -0.3 is 30.6 Å². The minimum Gasteiger partial charge on any atom is -0.382 e. The highest BCUT2D eigenvalue weighted by molar-refractivity contribution is 7.47. The number of rotatable bonds is 2. The maximum atomic E-state index is 15.9. The molecule has 9 atom stereocenters. The Hall–Kier alpha value is -3.19. The average Bonchev–Trinajstić information content (AvgIpc) is 3.72. The Kier molecular flexibility index (Phi) is 6.95. The fraction of sp³-hybridized carbons (Fsp3) is 0.524. The lowest BCUT2D eigenvalue weighted by Gasteiger charge is -2.27. The molecule has 7 rings (SSSR count). The first kappa shape index (κ1) is 28.6. The van der Waals surface area contributed by atoms with Crippen molar-refractivity contribution in [3.8, 4) is 0 Å². The van der Waals surface area contributed by atoms with Gasteiger partial charge in [0.2, 0.25) is 0 Å². The van der Waals surface area contributed by atoms with Gasteiger partial charge in [-0.05, 0) is 12.8 Å². The first-order valence-electron chi connectivity index (χ1n) is 13.0. The van der Waals surface area contributed by atoms with E-state index in [0.29, 0.717) is 11.2 Å². The molecule has 4 aromatic rings. The smallest absolute Gasteiger partial charge is 0.382 e. The molecule has 3 aliphatic rings. The first-order chi connectivity index (χ1) is 20.5. The second-order valence-electron chi connectivity index (χ2n) is 10.3. The minimum atomic E-state index is -4.90. The standard InChI is InChI=1S/C21H25FN10O9P2/c22-13-16-12(39-21(13)32-8-30-15-18(24)26-6-28-20(15)32)4-38-42(33,34)40-11-2-10(1-9(11)3-37-43(35,36)41-16)31-7-29-14-17(23)25-5-27-19(14)31/h5-13,16,21H,1-4H2,(H,33,34)(H,35,36)(H2,23,25,27)(H2,24,26,28)/t9?,10-,11-,12?,13?,16?,21?/m1/s1. The number of aromatic nitrogens is 8. The molecule has 0 spiro atoms. The van der Waals surface area contributed by atoms with Crippen LogP contribution in [0.2, 0.25) is 0 Å². The Morgan fingerprint density at radius 1 is 0.814 bits per heavy atom. The number of anilines is 2. The van der Waals surface area contributed by atoms with Crippen LogP contribution in [0.4, 0.5) is 16.0 Å². The summed E-state index contributed by atoms with van der Waals surface area (Å²) in [4.78, 5) is 45.6. The molecule has 3 fully saturated rings. The summed E-state index contributed by atoms with van der Waals surface area (Å²) in [7, 11) is -9.67. The third kappa shape index (κ3) is 5.17. The van der Waals surface area contributed by atoms with E-state index >= 15 is 4.39 Å². The van der Waals surface area contributed by atoms with Crippen LogP contribution in [0.1, 0.15) is 25.1 Å². The molecule has 0 bridgehead atoms. The number of nitrogen functional groups attached to an aromatic ring is 2. The van der Waals surface area contributed by atoms with Crippen molar-refractivity contribution >= 4 is 49.6 Å². The number of phosphoric ester groups is 2. The van der Waals surface area contributed by atoms with Gasteiger partial charge in [0.25, 0.3) is 0 Å². The van der Waals surface area contributed by atoms with Crippen LogP contribution < -0.4 is 11.5 Å². The number of alkyl halides is 1. The second kappa shape index (κ2) is 10.5. The van der Waals surface area contributed by atoms with Gasteiger partial charge in [0, 0.05) is 12.0 Å². The molecule has 2 aliphatic heterocycles. The van der Waals surface area contributed by atoms with Crippen LogP contribution in [0.15, 0.2) is 25.3 Å². The highest BCUT2D eigenvalue weighted by Crippen LogP contribution is 2.55. The largest absolute Gasteiger partial charge is 0.472 e. The zero-order chi connectivity index (χ0) is 30.1. The van der Waals surface area contributed by atoms with Gasteiger partial charge in [-0.1, -0.05) is 0 Å². The summed E-state index contributed by atoms with van der Waals surface area (Å²) in [6.07, 6.45) is -2.16. The van der Waals surface area contributed by atoms with E-state index < -0.39 is 65.5 Å². The summed E-state index contributed by atoms with van der Waals surface area (Å²) in [6.45, 7) is -1.16. The van der Waals surface area contributed by atoms with Crippen LogP contribution >= 0.6 is 15.6 Å². The van der Waals surface area contributed by atoms with E-state index in [9.17, 15) is 18.9 Å². The van der Waals surface area contributed by atoms with Crippen molar-refractivity contribution in [2.45, 2.75) is 49.6 Å². The van der Waals surface area contributed by atoms with Crippen LogP contribution in [0.5, 0.6) is 0 Å². The summed E-state index contributed by atoms with van der Waals surface area (Å²) in [6, 6.07) is -0.372. The number of nitrogens with two attached hydrogens (primary N) is 2. The molecule has 19 nitrogen and oxygen atoms in total. The lowest BCUT2D eigenvalue weighted by Crippen LogP contribution is -2.35. The maximum Gasteiger partial charge on any atom is 0.472 e. The highest BCUT2D eigenvalue weighted by Gasteiger charge is 2.52. The van der Waals surface area contributed by atoms with E-state index in [0.717, 1.165) is 6.33 Å². The highest BCUT2D eigenvalue weighted by atomic mass is 31.2. The molecule has 1 saturated carbocycles. The Bertz CT molecular complexity index is 1790. The van der Waals surface area contributed by atoms with Crippen LogP contribution in [-0.4, -0.2) is 86.5 Å². The molecule has 43 heavy (non-hydrogen) atoms. The van der Waals surface area contributed by atoms with E-state index in [1.165, 1.54) is 23.5 Å². The summed E-state index contributed by atoms with van der Waals surface area (Å²) in [5.41, 5.74) is 12.8. The topological polar surface area (TPSA) is 260 Å². The van der Waals surface area contributed by atoms with Crippen molar-refractivity contribution < 1.29 is 46.1 Å². The molecule has 230 valence electrons. The molecule has 22 heteroatoms. The van der Waals surface area contributed by atoms with Gasteiger partial charge in [-0.2, -0.15) is 0 Å². The van der Waals surface area contributed by atoms with Gasteiger partial charge in [0.1, 0.15) is 35.9 Å². The lowest BCUT2D eigenvalue weighted by atomic mass is 10.1. The number of hydrogen-bond donors (Lipinski definition) is 4. The van der Waals surface area contributed by atoms with E-state index in [1.54, 1.807) is 4.57 Å². The normalized spacial score (nSPS) is 37.1. The zero-order valence-corrected chi connectivity index (χ0v) is 23.7. The van der Waals surface area contributed by atoms with Crippen molar-refractivity contribution in [2.75, 3.05) is 24.7 Å². The molecular formula is C21H25FN10O9P2. The predicted molar refractivity (Wildman–Crippen MR) is 141 cm³/mol. The van der Waals surface area contributed by atoms with E-state index in [4.69, 9.17) is 34.3 Å². The van der Waals surface area contributed by atoms with Crippen LogP contribution in [0, 0.1) is 5.92 Å². The molecule has 6 N–H and O–H groups in total. The number of fused-ring (bicyclic) bond motifs is 4. The quantitative estimate of drug-likeness (QED) is 0.223. The molecular weight excluding hydrogens is 617 g/mol. The number of nitrogens with zero attached hydrogens (tertiary/aromatic N) is 8. The summed E-state index contributed by atoms with van der Waals surface area (Å²) in [5.74, 6) is -0.457. The van der Waals surface area contributed by atoms with Gasteiger partial charge in [-0.3, -0.25) is 22.7 Å². The van der Waals surface area contributed by atoms with Crippen molar-refractivity contribution in [1.29, 1.82) is 0 Å². The maximum absolute atomic E-state index is 15.9. The molecule has 1 aliphatic carbocycles. The number of ether oxygens (including phenoxy) is 1. The van der Waals surface area contributed by atoms with Crippen LogP contribution in [-0.2, 0) is 32.0 Å². The molecule has 0 radical (unpaired) electrons. The fourth-order valence-electron chi connectivity index (χ4n) is 5.70. The van der Waals surface area contributed by atoms with Crippen LogP contribution in [0.25, 0.3) is 22.3 Å². The molecule has 0 amide bonds. The van der Waals surface area contributed by atoms with Crippen molar-refractivity contribution in [2.24, 2.45) is 5.92 Å². The predicted octanol–water partition coefficient (Wildman–Crippen LogP) is 1.04. The number of halogens is 1. The third-order valence-corrected chi connectivity index (χ3v) is 9.69. The van der Waals surface area contributed by atoms with Gasteiger partial charge in [0.15, 0.2) is 35.3 Å². The van der Waals surface area contributed by atoms with E-state index in [2.05, 4.69) is 29.9 Å². The molecule has 0 aromatic carbocycles. The first-order valence-corrected chi connectivity index (χ1v) is 16.0. The minimum absolute atomic E-state index is 0.0428. The summed E-state index contributed by atoms with van der Waals surface area (Å²) >= 11 is 0. The fourth-order valence-corrected chi connectivity index (χ4v) is 7.70. The molecule has 6 heterocycles. The van der Waals surface area contributed by atoms with E-state index in [-0.39, 0.29) is 41.7 Å². The lowest BCUT2D eigenvalue weighted by molar-refractivity contribution is -0.0523. The van der Waals surface area contributed by atoms with Gasteiger partial charge in [0.05, 0.1) is 32.0 Å². The summed E-state index contributed by atoms with van der Waals surface area (Å²) < 4.78 is 71.9. The Balaban J connectivity index is 1.15. The van der Waals surface area contributed by atoms with Crippen molar-refractivity contribution in [3.05, 3.63) is 25.3 Å². The van der Waals surface area contributed by atoms with Crippen LogP contribution in [0.3, 0.4) is 0 Å². The average molecular weight is 642 g/mol. The van der Waals surface area contributed by atoms with E-state index in [1.807, 2.05) is 0 Å². The number of phosphoric acid groups is 2. The van der Waals surface area contributed by atoms with Crippen molar-refractivity contribution in [3.63, 3.8) is 0 Å². The zero-order valence-electron chi connectivity index (χ0n) is 21.9. The number of imidazole rings is 2. The monoisotopic (exact) mass is 642 g/mol. The van der Waals surface area contributed by atoms with Gasteiger partial charge >= 0.3 is 15.6 Å². The Labute approximate surface area is 240 Å². The van der Waals surface area contributed by atoms with Gasteiger partial charge in [-0.25, -0.2) is 43.4 Å². The third-order valence-electron chi connectivity index (χ3n) is 7.69. The van der Waals surface area contributed by atoms with Crippen molar-refractivity contribution in [1.82, 2.24) is 39.0 Å². The molecule has 2 saturated heterocycles. The second-order valence-corrected chi connectivity index (χ2v) is 13.1. The molecule has 4 aromatic heterocycles. The Morgan fingerprint density at radius 2 is 1.42 bits per heavy atom.